The summed E-state index contributed by atoms with van der Waals surface area (Å²) in [6.07, 6.45) is 15.7. The molecule has 36 heavy (non-hydrogen) atoms. The van der Waals surface area contributed by atoms with Gasteiger partial charge in [0.2, 0.25) is 0 Å². The van der Waals surface area contributed by atoms with Gasteiger partial charge < -0.3 is 9.47 Å². The molecule has 2 aliphatic rings. The van der Waals surface area contributed by atoms with Crippen LogP contribution in [0.15, 0.2) is 47.1 Å². The summed E-state index contributed by atoms with van der Waals surface area (Å²) in [6.45, 7) is 13.4. The van der Waals surface area contributed by atoms with E-state index in [4.69, 9.17) is 9.47 Å². The minimum atomic E-state index is -0.386. The highest BCUT2D eigenvalue weighted by Crippen LogP contribution is 2.30. The third-order valence-electron chi connectivity index (χ3n) is 6.85. The Morgan fingerprint density at radius 3 is 2.28 bits per heavy atom. The maximum absolute atomic E-state index is 12.9. The van der Waals surface area contributed by atoms with E-state index in [0.717, 1.165) is 48.3 Å². The van der Waals surface area contributed by atoms with Crippen molar-refractivity contribution in [3.63, 3.8) is 0 Å². The smallest absolute Gasteiger partial charge is 0.165 e. The molecule has 0 spiro atoms. The third-order valence-corrected chi connectivity index (χ3v) is 9.25. The Morgan fingerprint density at radius 1 is 0.944 bits per heavy atom. The second kappa shape index (κ2) is 15.4. The van der Waals surface area contributed by atoms with Gasteiger partial charge in [-0.15, -0.1) is 0 Å². The fourth-order valence-electron chi connectivity index (χ4n) is 4.00. The van der Waals surface area contributed by atoms with E-state index in [1.165, 1.54) is 12.0 Å². The number of allylic oxidation sites excluding steroid dienone is 7. The van der Waals surface area contributed by atoms with Crippen LogP contribution >= 0.6 is 21.6 Å². The monoisotopic (exact) mass is 534 g/mol. The van der Waals surface area contributed by atoms with E-state index in [1.807, 2.05) is 59.7 Å². The van der Waals surface area contributed by atoms with Crippen LogP contribution in [0.5, 0.6) is 0 Å². The van der Waals surface area contributed by atoms with E-state index in [1.54, 1.807) is 0 Å². The molecule has 1 fully saturated rings. The molecule has 6 heteroatoms. The third kappa shape index (κ3) is 11.5. The van der Waals surface area contributed by atoms with Crippen molar-refractivity contribution in [1.29, 1.82) is 0 Å². The maximum Gasteiger partial charge on any atom is 0.165 e. The molecule has 2 aliphatic carbocycles. The summed E-state index contributed by atoms with van der Waals surface area (Å²) in [5.41, 5.74) is 2.41. The molecule has 1 saturated carbocycles. The first-order valence-corrected chi connectivity index (χ1v) is 15.9. The molecule has 0 N–H and O–H groups in total. The number of ether oxygens (including phenoxy) is 2. The first-order chi connectivity index (χ1) is 17.0. The van der Waals surface area contributed by atoms with E-state index < -0.39 is 0 Å². The molecule has 0 saturated heterocycles. The van der Waals surface area contributed by atoms with E-state index in [0.29, 0.717) is 37.8 Å². The average Bonchev–Trinajstić information content (AvgIpc) is 2.75. The number of carbonyl (C=O) groups is 2. The van der Waals surface area contributed by atoms with Crippen molar-refractivity contribution >= 4 is 33.2 Å². The lowest BCUT2D eigenvalue weighted by molar-refractivity contribution is -0.127. The Labute approximate surface area is 227 Å². The van der Waals surface area contributed by atoms with Crippen LogP contribution < -0.4 is 0 Å². The van der Waals surface area contributed by atoms with Gasteiger partial charge in [-0.25, -0.2) is 0 Å². The molecule has 2 rings (SSSR count). The van der Waals surface area contributed by atoms with E-state index in [-0.39, 0.29) is 17.0 Å². The number of hydrogen-bond donors (Lipinski definition) is 0. The van der Waals surface area contributed by atoms with Crippen LogP contribution in [-0.4, -0.2) is 47.5 Å². The lowest BCUT2D eigenvalue weighted by Gasteiger charge is -2.30. The van der Waals surface area contributed by atoms with Gasteiger partial charge in [-0.1, -0.05) is 59.2 Å². The van der Waals surface area contributed by atoms with Crippen molar-refractivity contribution in [3.8, 4) is 0 Å². The van der Waals surface area contributed by atoms with Gasteiger partial charge in [0, 0.05) is 35.8 Å². The van der Waals surface area contributed by atoms with Crippen molar-refractivity contribution in [2.45, 2.75) is 97.7 Å². The molecule has 202 valence electrons. The number of carbonyl (C=O) groups excluding carboxylic acids is 2. The fraction of sp³-hybridized carbons (Fsp3) is 0.667. The molecular formula is C30H46O4S2. The summed E-state index contributed by atoms with van der Waals surface area (Å²) in [5, 5.41) is 0. The summed E-state index contributed by atoms with van der Waals surface area (Å²) in [7, 11) is 3.70. The second-order valence-corrected chi connectivity index (χ2v) is 13.7. The highest BCUT2D eigenvalue weighted by Gasteiger charge is 2.28. The number of rotatable bonds is 17. The largest absolute Gasteiger partial charge is 0.375 e. The number of ketones is 2. The van der Waals surface area contributed by atoms with Crippen molar-refractivity contribution in [3.05, 3.63) is 47.1 Å². The molecule has 4 nitrogen and oxygen atoms in total. The van der Waals surface area contributed by atoms with E-state index in [2.05, 4.69) is 33.8 Å². The van der Waals surface area contributed by atoms with Crippen LogP contribution in [0.1, 0.15) is 86.5 Å². The molecule has 0 aromatic carbocycles. The van der Waals surface area contributed by atoms with Gasteiger partial charge in [-0.3, -0.25) is 9.59 Å². The first kappa shape index (κ1) is 31.1. The van der Waals surface area contributed by atoms with Gasteiger partial charge in [0.15, 0.2) is 5.78 Å². The lowest BCUT2D eigenvalue weighted by atomic mass is 9.80. The SMILES string of the molecule is CCSSCC1=C(C)C=C(C(=O)CCOC(C)(C)CCOC(C)(C)CCC(=O)C2CCC2)C=CC=C1. The zero-order valence-corrected chi connectivity index (χ0v) is 24.8. The molecular weight excluding hydrogens is 488 g/mol. The van der Waals surface area contributed by atoms with Crippen LogP contribution in [-0.2, 0) is 19.1 Å². The highest BCUT2D eigenvalue weighted by molar-refractivity contribution is 8.76. The van der Waals surface area contributed by atoms with Crippen LogP contribution in [0.3, 0.4) is 0 Å². The van der Waals surface area contributed by atoms with Crippen LogP contribution in [0.2, 0.25) is 0 Å². The maximum atomic E-state index is 12.9. The molecule has 0 unspecified atom stereocenters. The van der Waals surface area contributed by atoms with Gasteiger partial charge in [0.25, 0.3) is 0 Å². The van der Waals surface area contributed by atoms with Crippen LogP contribution in [0, 0.1) is 5.92 Å². The Kier molecular flexibility index (Phi) is 13.3. The molecule has 0 aliphatic heterocycles. The minimum absolute atomic E-state index is 0.0974. The highest BCUT2D eigenvalue weighted by atomic mass is 33.1. The van der Waals surface area contributed by atoms with Gasteiger partial charge in [-0.2, -0.15) is 0 Å². The summed E-state index contributed by atoms with van der Waals surface area (Å²) >= 11 is 0. The van der Waals surface area contributed by atoms with Crippen LogP contribution in [0.25, 0.3) is 0 Å². The summed E-state index contributed by atoms with van der Waals surface area (Å²) < 4.78 is 12.2. The van der Waals surface area contributed by atoms with Gasteiger partial charge in [0.05, 0.1) is 24.4 Å². The molecule has 0 radical (unpaired) electrons. The zero-order chi connectivity index (χ0) is 26.6. The lowest BCUT2D eigenvalue weighted by Crippen LogP contribution is -2.32. The topological polar surface area (TPSA) is 52.6 Å². The first-order valence-electron chi connectivity index (χ1n) is 13.4. The quantitative estimate of drug-likeness (QED) is 0.140. The molecule has 0 heterocycles. The summed E-state index contributed by atoms with van der Waals surface area (Å²) in [4.78, 5) is 25.1. The van der Waals surface area contributed by atoms with Gasteiger partial charge >= 0.3 is 0 Å². The molecule has 0 atom stereocenters. The summed E-state index contributed by atoms with van der Waals surface area (Å²) in [5.74, 6) is 2.81. The fourth-order valence-corrected chi connectivity index (χ4v) is 5.83. The van der Waals surface area contributed by atoms with Crippen molar-refractivity contribution in [2.24, 2.45) is 5.92 Å². The van der Waals surface area contributed by atoms with Crippen LogP contribution in [0.4, 0.5) is 0 Å². The van der Waals surface area contributed by atoms with E-state index >= 15 is 0 Å². The van der Waals surface area contributed by atoms with E-state index in [9.17, 15) is 9.59 Å². The predicted molar refractivity (Wildman–Crippen MR) is 156 cm³/mol. The number of hydrogen-bond acceptors (Lipinski definition) is 6. The molecule has 0 bridgehead atoms. The molecule has 0 amide bonds. The van der Waals surface area contributed by atoms with Crippen molar-refractivity contribution in [1.82, 2.24) is 0 Å². The minimum Gasteiger partial charge on any atom is -0.375 e. The van der Waals surface area contributed by atoms with Crippen molar-refractivity contribution < 1.29 is 19.1 Å². The molecule has 0 aromatic rings. The van der Waals surface area contributed by atoms with Crippen molar-refractivity contribution in [2.75, 3.05) is 24.7 Å². The Balaban J connectivity index is 1.75. The Bertz CT molecular complexity index is 860. The summed E-state index contributed by atoms with van der Waals surface area (Å²) in [6, 6.07) is 0. The zero-order valence-electron chi connectivity index (χ0n) is 23.2. The Hall–Kier alpha value is -1.08. The normalized spacial score (nSPS) is 17.0. The number of Topliss-reactive ketones (excluding diaryl/α,β-unsaturated/α-hetero) is 2. The molecule has 0 aromatic heterocycles. The standard InChI is InChI=1S/C30H46O4S2/c1-7-35-36-22-26-12-9-8-11-25(21-23(26)2)28(32)16-19-33-30(5,6)18-20-34-29(3,4)17-15-27(31)24-13-10-14-24/h8-9,11-12,21,24H,7,10,13-20,22H2,1-6H3. The second-order valence-electron chi connectivity index (χ2n) is 10.9. The van der Waals surface area contributed by atoms with Gasteiger partial charge in [0.1, 0.15) is 5.78 Å². The Morgan fingerprint density at radius 2 is 1.61 bits per heavy atom. The predicted octanol–water partition coefficient (Wildman–Crippen LogP) is 7.85. The van der Waals surface area contributed by atoms with Gasteiger partial charge in [-0.05, 0) is 77.5 Å². The average molecular weight is 535 g/mol.